The quantitative estimate of drug-likeness (QED) is 0.845. The van der Waals surface area contributed by atoms with Crippen LogP contribution in [0.15, 0.2) is 18.2 Å². The van der Waals surface area contributed by atoms with Gasteiger partial charge in [0.05, 0.1) is 0 Å². The van der Waals surface area contributed by atoms with Gasteiger partial charge in [0.25, 0.3) is 0 Å². The van der Waals surface area contributed by atoms with E-state index in [4.69, 9.17) is 0 Å². The molecular weight excluding hydrogens is 350 g/mol. The molecule has 1 aromatic rings. The molecule has 2 N–H and O–H groups in total. The molecule has 6 heteroatoms. The van der Waals surface area contributed by atoms with Crippen molar-refractivity contribution in [2.45, 2.75) is 65.7 Å². The number of carbonyl (C=O) groups is 2. The van der Waals surface area contributed by atoms with Gasteiger partial charge in [0.2, 0.25) is 11.8 Å². The summed E-state index contributed by atoms with van der Waals surface area (Å²) in [6, 6.07) is 6.05. The summed E-state index contributed by atoms with van der Waals surface area (Å²) in [5.41, 5.74) is 3.71. The van der Waals surface area contributed by atoms with E-state index in [2.05, 4.69) is 49.6 Å². The molecule has 2 aliphatic heterocycles. The number of halogens is 1. The number of carbonyl (C=O) groups excluding carboxylic acids is 2. The van der Waals surface area contributed by atoms with E-state index in [9.17, 15) is 9.59 Å². The Bertz CT molecular complexity index is 670. The maximum absolute atomic E-state index is 12.6. The molecule has 0 aromatic heterocycles. The van der Waals surface area contributed by atoms with E-state index < -0.39 is 0 Å². The van der Waals surface area contributed by atoms with Crippen molar-refractivity contribution < 1.29 is 9.59 Å². The van der Waals surface area contributed by atoms with Crippen LogP contribution in [0.3, 0.4) is 0 Å². The van der Waals surface area contributed by atoms with Crippen LogP contribution in [0.4, 0.5) is 0 Å². The molecule has 0 aliphatic carbocycles. The Morgan fingerprint density at radius 3 is 2.69 bits per heavy atom. The fourth-order valence-electron chi connectivity index (χ4n) is 3.66. The predicted molar refractivity (Wildman–Crippen MR) is 105 cm³/mol. The van der Waals surface area contributed by atoms with Crippen molar-refractivity contribution in [2.24, 2.45) is 5.41 Å². The molecule has 3 rings (SSSR count). The zero-order chi connectivity index (χ0) is 18.0. The van der Waals surface area contributed by atoms with Crippen LogP contribution in [0, 0.1) is 5.41 Å². The van der Waals surface area contributed by atoms with E-state index in [1.165, 1.54) is 11.1 Å². The summed E-state index contributed by atoms with van der Waals surface area (Å²) in [7, 11) is 0. The van der Waals surface area contributed by atoms with Gasteiger partial charge in [-0.1, -0.05) is 39.0 Å². The number of fused-ring (bicyclic) bond motifs is 1. The number of amides is 2. The molecular formula is C20H30ClN3O2. The zero-order valence-corrected chi connectivity index (χ0v) is 16.7. The first-order chi connectivity index (χ1) is 11.8. The lowest BCUT2D eigenvalue weighted by Crippen LogP contribution is -2.46. The van der Waals surface area contributed by atoms with E-state index in [-0.39, 0.29) is 35.7 Å². The number of nitrogens with zero attached hydrogens (tertiary/aromatic N) is 1. The third-order valence-corrected chi connectivity index (χ3v) is 4.93. The van der Waals surface area contributed by atoms with Crippen LogP contribution in [-0.4, -0.2) is 29.3 Å². The fourth-order valence-corrected chi connectivity index (χ4v) is 3.66. The molecule has 1 atom stereocenters. The van der Waals surface area contributed by atoms with E-state index in [1.54, 1.807) is 4.90 Å². The Balaban J connectivity index is 0.00000243. The Labute approximate surface area is 162 Å². The van der Waals surface area contributed by atoms with Crippen LogP contribution in [0.5, 0.6) is 0 Å². The Kier molecular flexibility index (Phi) is 6.69. The van der Waals surface area contributed by atoms with E-state index in [1.807, 2.05) is 0 Å². The summed E-state index contributed by atoms with van der Waals surface area (Å²) in [6.07, 6.45) is 2.14. The van der Waals surface area contributed by atoms with Gasteiger partial charge in [-0.15, -0.1) is 12.4 Å². The van der Waals surface area contributed by atoms with E-state index in [0.29, 0.717) is 19.5 Å². The first-order valence-corrected chi connectivity index (χ1v) is 9.22. The van der Waals surface area contributed by atoms with Crippen LogP contribution >= 0.6 is 12.4 Å². The molecule has 1 unspecified atom stereocenters. The van der Waals surface area contributed by atoms with Gasteiger partial charge in [-0.25, -0.2) is 0 Å². The maximum Gasteiger partial charge on any atom is 0.243 e. The van der Waals surface area contributed by atoms with Gasteiger partial charge in [0.15, 0.2) is 0 Å². The summed E-state index contributed by atoms with van der Waals surface area (Å²) in [5, 5.41) is 6.36. The fraction of sp³-hybridized carbons (Fsp3) is 0.600. The van der Waals surface area contributed by atoms with Gasteiger partial charge in [-0.2, -0.15) is 0 Å². The molecule has 0 saturated carbocycles. The average Bonchev–Trinajstić information content (AvgIpc) is 3.19. The summed E-state index contributed by atoms with van der Waals surface area (Å²) < 4.78 is 0. The molecule has 1 aromatic carbocycles. The molecule has 2 amide bonds. The van der Waals surface area contributed by atoms with Crippen LogP contribution < -0.4 is 10.6 Å². The number of hydrogen-bond acceptors (Lipinski definition) is 3. The second-order valence-electron chi connectivity index (χ2n) is 8.41. The third kappa shape index (κ3) is 4.98. The highest BCUT2D eigenvalue weighted by atomic mass is 35.5. The smallest absolute Gasteiger partial charge is 0.243 e. The largest absolute Gasteiger partial charge is 0.350 e. The van der Waals surface area contributed by atoms with Gasteiger partial charge in [0.1, 0.15) is 6.04 Å². The molecule has 1 fully saturated rings. The monoisotopic (exact) mass is 379 g/mol. The number of likely N-dealkylation sites (tertiary alicyclic amines) is 1. The standard InChI is InChI=1S/C20H29N3O2.ClH/c1-20(2,3)10-18(24)23-8-4-5-17(23)19(25)22-11-14-6-7-15-12-21-13-16(15)9-14;/h6-7,9,17,21H,4-5,8,10-13H2,1-3H3,(H,22,25);1H. The second kappa shape index (κ2) is 8.40. The first kappa shape index (κ1) is 20.7. The molecule has 0 radical (unpaired) electrons. The zero-order valence-electron chi connectivity index (χ0n) is 15.9. The van der Waals surface area contributed by atoms with Crippen molar-refractivity contribution in [3.63, 3.8) is 0 Å². The summed E-state index contributed by atoms with van der Waals surface area (Å²) >= 11 is 0. The number of hydrogen-bond donors (Lipinski definition) is 2. The van der Waals surface area contributed by atoms with Gasteiger partial charge in [-0.3, -0.25) is 9.59 Å². The molecule has 5 nitrogen and oxygen atoms in total. The van der Waals surface area contributed by atoms with E-state index >= 15 is 0 Å². The van der Waals surface area contributed by atoms with Crippen molar-refractivity contribution in [1.29, 1.82) is 0 Å². The lowest BCUT2D eigenvalue weighted by Gasteiger charge is -2.27. The number of benzene rings is 1. The van der Waals surface area contributed by atoms with Gasteiger partial charge >= 0.3 is 0 Å². The van der Waals surface area contributed by atoms with Crippen LogP contribution in [-0.2, 0) is 29.2 Å². The molecule has 1 saturated heterocycles. The van der Waals surface area contributed by atoms with Gasteiger partial charge in [0, 0.05) is 32.6 Å². The van der Waals surface area contributed by atoms with Crippen molar-refractivity contribution in [3.8, 4) is 0 Å². The maximum atomic E-state index is 12.6. The topological polar surface area (TPSA) is 61.4 Å². The van der Waals surface area contributed by atoms with Crippen LogP contribution in [0.2, 0.25) is 0 Å². The molecule has 0 bridgehead atoms. The van der Waals surface area contributed by atoms with Crippen molar-refractivity contribution in [1.82, 2.24) is 15.5 Å². The van der Waals surface area contributed by atoms with Crippen LogP contribution in [0.1, 0.15) is 56.7 Å². The number of nitrogens with one attached hydrogen (secondary N) is 2. The molecule has 26 heavy (non-hydrogen) atoms. The Morgan fingerprint density at radius 1 is 1.23 bits per heavy atom. The lowest BCUT2D eigenvalue weighted by molar-refractivity contribution is -0.139. The minimum absolute atomic E-state index is 0. The average molecular weight is 380 g/mol. The van der Waals surface area contributed by atoms with Gasteiger partial charge in [-0.05, 0) is 34.9 Å². The minimum atomic E-state index is -0.314. The predicted octanol–water partition coefficient (Wildman–Crippen LogP) is 2.76. The Hall–Kier alpha value is -1.59. The normalized spacial score (nSPS) is 19.0. The second-order valence-corrected chi connectivity index (χ2v) is 8.41. The van der Waals surface area contributed by atoms with Gasteiger partial charge < -0.3 is 15.5 Å². The third-order valence-electron chi connectivity index (χ3n) is 4.93. The molecule has 144 valence electrons. The highest BCUT2D eigenvalue weighted by molar-refractivity contribution is 5.88. The summed E-state index contributed by atoms with van der Waals surface area (Å²) in [6.45, 7) is 9.20. The molecule has 2 heterocycles. The van der Waals surface area contributed by atoms with E-state index in [0.717, 1.165) is 31.5 Å². The molecule has 2 aliphatic rings. The highest BCUT2D eigenvalue weighted by Crippen LogP contribution is 2.25. The first-order valence-electron chi connectivity index (χ1n) is 9.22. The minimum Gasteiger partial charge on any atom is -0.350 e. The summed E-state index contributed by atoms with van der Waals surface area (Å²) in [4.78, 5) is 26.9. The van der Waals surface area contributed by atoms with Crippen LogP contribution in [0.25, 0.3) is 0 Å². The summed E-state index contributed by atoms with van der Waals surface area (Å²) in [5.74, 6) is 0.0622. The SMILES string of the molecule is CC(C)(C)CC(=O)N1CCCC1C(=O)NCc1ccc2c(c1)CNC2.Cl. The number of rotatable bonds is 4. The lowest BCUT2D eigenvalue weighted by atomic mass is 9.91. The van der Waals surface area contributed by atoms with Crippen molar-refractivity contribution in [3.05, 3.63) is 34.9 Å². The van der Waals surface area contributed by atoms with Crippen molar-refractivity contribution in [2.75, 3.05) is 6.54 Å². The molecule has 0 spiro atoms. The Morgan fingerprint density at radius 2 is 1.96 bits per heavy atom. The highest BCUT2D eigenvalue weighted by Gasteiger charge is 2.35. The van der Waals surface area contributed by atoms with Crippen molar-refractivity contribution >= 4 is 24.2 Å².